The first-order valence-electron chi connectivity index (χ1n) is 6.07. The third-order valence-corrected chi connectivity index (χ3v) is 3.09. The molecule has 1 saturated heterocycles. The summed E-state index contributed by atoms with van der Waals surface area (Å²) in [5.74, 6) is 0.00491. The zero-order valence-corrected chi connectivity index (χ0v) is 10.7. The molecule has 0 spiro atoms. The molecule has 21 heavy (non-hydrogen) atoms. The number of nitrogens with zero attached hydrogens (tertiary/aromatic N) is 2. The summed E-state index contributed by atoms with van der Waals surface area (Å²) in [6.45, 7) is -0.503. The molecule has 4 atom stereocenters. The molecule has 7 nitrogen and oxygen atoms in total. The van der Waals surface area contributed by atoms with Gasteiger partial charge in [-0.05, 0) is 0 Å². The van der Waals surface area contributed by atoms with Gasteiger partial charge in [-0.15, -0.1) is 0 Å². The van der Waals surface area contributed by atoms with Crippen LogP contribution < -0.4 is 5.32 Å². The van der Waals surface area contributed by atoms with E-state index in [0.29, 0.717) is 6.20 Å². The van der Waals surface area contributed by atoms with Gasteiger partial charge in [-0.1, -0.05) is 0 Å². The van der Waals surface area contributed by atoms with Crippen LogP contribution in [0, 0.1) is 0 Å². The van der Waals surface area contributed by atoms with E-state index in [1.165, 1.54) is 0 Å². The lowest BCUT2D eigenvalue weighted by molar-refractivity contribution is -0.152. The van der Waals surface area contributed by atoms with E-state index in [9.17, 15) is 23.4 Å². The summed E-state index contributed by atoms with van der Waals surface area (Å²) in [4.78, 5) is 6.76. The van der Waals surface area contributed by atoms with Crippen molar-refractivity contribution < 1.29 is 33.2 Å². The fourth-order valence-corrected chi connectivity index (χ4v) is 1.91. The Kier molecular flexibility index (Phi) is 4.61. The summed E-state index contributed by atoms with van der Waals surface area (Å²) in [7, 11) is 0. The molecule has 0 aliphatic carbocycles. The molecule has 0 saturated carbocycles. The summed E-state index contributed by atoms with van der Waals surface area (Å²) in [6, 6.07) is -0.783. The Morgan fingerprint density at radius 1 is 1.24 bits per heavy atom. The maximum absolute atomic E-state index is 12.3. The molecule has 2 rings (SSSR count). The number of alkyl halides is 3. The van der Waals surface area contributed by atoms with Gasteiger partial charge in [0.25, 0.3) is 0 Å². The Hall–Kier alpha value is -1.49. The molecule has 1 aromatic heterocycles. The first-order valence-corrected chi connectivity index (χ1v) is 6.07. The fraction of sp³-hybridized carbons (Fsp3) is 0.636. The highest BCUT2D eigenvalue weighted by atomic mass is 19.4. The van der Waals surface area contributed by atoms with Gasteiger partial charge >= 0.3 is 6.18 Å². The number of hydrogen-bond donors (Lipinski definition) is 4. The van der Waals surface area contributed by atoms with Crippen molar-refractivity contribution in [3.8, 4) is 0 Å². The normalized spacial score (nSPS) is 30.2. The van der Waals surface area contributed by atoms with E-state index in [1.54, 1.807) is 0 Å². The fourth-order valence-electron chi connectivity index (χ4n) is 1.91. The lowest BCUT2D eigenvalue weighted by atomic mass is 9.98. The van der Waals surface area contributed by atoms with E-state index in [4.69, 9.17) is 9.84 Å². The smallest absolute Gasteiger partial charge is 0.394 e. The lowest BCUT2D eigenvalue weighted by Gasteiger charge is -2.37. The van der Waals surface area contributed by atoms with Crippen molar-refractivity contribution in [1.29, 1.82) is 0 Å². The third-order valence-electron chi connectivity index (χ3n) is 3.09. The summed E-state index contributed by atoms with van der Waals surface area (Å²) >= 11 is 0. The van der Waals surface area contributed by atoms with Gasteiger partial charge in [0, 0.05) is 0 Å². The number of rotatable bonds is 3. The van der Waals surface area contributed by atoms with Gasteiger partial charge in [0.15, 0.2) is 5.69 Å². The number of hydrogen-bond acceptors (Lipinski definition) is 7. The number of nitrogens with one attached hydrogen (secondary N) is 1. The van der Waals surface area contributed by atoms with Gasteiger partial charge in [0.05, 0.1) is 31.6 Å². The van der Waals surface area contributed by atoms with Crippen molar-refractivity contribution in [3.63, 3.8) is 0 Å². The van der Waals surface area contributed by atoms with Crippen LogP contribution >= 0.6 is 0 Å². The number of aromatic nitrogens is 2. The van der Waals surface area contributed by atoms with E-state index in [2.05, 4.69) is 15.3 Å². The van der Waals surface area contributed by atoms with E-state index in [1.807, 2.05) is 0 Å². The second-order valence-electron chi connectivity index (χ2n) is 4.57. The number of aliphatic hydroxyl groups is 3. The molecule has 1 aromatic rings. The van der Waals surface area contributed by atoms with Crippen LogP contribution in [0.1, 0.15) is 5.69 Å². The van der Waals surface area contributed by atoms with Gasteiger partial charge < -0.3 is 25.4 Å². The molecule has 0 amide bonds. The van der Waals surface area contributed by atoms with Gasteiger partial charge in [0.2, 0.25) is 0 Å². The number of aliphatic hydroxyl groups excluding tert-OH is 3. The van der Waals surface area contributed by atoms with Crippen molar-refractivity contribution in [2.45, 2.75) is 30.5 Å². The van der Waals surface area contributed by atoms with Crippen LogP contribution in [-0.4, -0.2) is 62.9 Å². The van der Waals surface area contributed by atoms with Crippen molar-refractivity contribution in [3.05, 3.63) is 18.1 Å². The molecule has 10 heteroatoms. The molecule has 0 unspecified atom stereocenters. The monoisotopic (exact) mass is 309 g/mol. The first kappa shape index (κ1) is 15.9. The second-order valence-corrected chi connectivity index (χ2v) is 4.57. The Balaban J connectivity index is 2.02. The topological polar surface area (TPSA) is 108 Å². The van der Waals surface area contributed by atoms with Crippen LogP contribution in [0.2, 0.25) is 0 Å². The van der Waals surface area contributed by atoms with Crippen molar-refractivity contribution in [1.82, 2.24) is 9.97 Å². The van der Waals surface area contributed by atoms with Crippen molar-refractivity contribution >= 4 is 5.82 Å². The van der Waals surface area contributed by atoms with Crippen molar-refractivity contribution in [2.75, 3.05) is 18.5 Å². The molecule has 1 aliphatic heterocycles. The van der Waals surface area contributed by atoms with Crippen LogP contribution in [0.25, 0.3) is 0 Å². The standard InChI is InChI=1S/C11H14F3N3O4/c12-11(13,14)7-1-16-8(2-15-7)17-5-4-21-6(3-18)10(20)9(5)19/h1-2,5-6,9-10,18-20H,3-4H2,(H,16,17)/t5-,6+,9+,10-/m0/s1. The van der Waals surface area contributed by atoms with Gasteiger partial charge in [-0.3, -0.25) is 0 Å². The average Bonchev–Trinajstić information content (AvgIpc) is 2.44. The number of anilines is 1. The second kappa shape index (κ2) is 6.10. The molecule has 0 radical (unpaired) electrons. The van der Waals surface area contributed by atoms with Crippen LogP contribution in [0.4, 0.5) is 19.0 Å². The largest absolute Gasteiger partial charge is 0.434 e. The molecule has 118 valence electrons. The molecule has 0 bridgehead atoms. The van der Waals surface area contributed by atoms with Crippen molar-refractivity contribution in [2.24, 2.45) is 0 Å². The minimum absolute atomic E-state index is 0.00491. The molecule has 1 aliphatic rings. The molecule has 4 N–H and O–H groups in total. The molecule has 1 fully saturated rings. The zero-order chi connectivity index (χ0) is 15.6. The maximum atomic E-state index is 12.3. The quantitative estimate of drug-likeness (QED) is 0.590. The predicted octanol–water partition coefficient (Wildman–Crippen LogP) is -0.611. The van der Waals surface area contributed by atoms with E-state index in [0.717, 1.165) is 6.20 Å². The summed E-state index contributed by atoms with van der Waals surface area (Å²) in [5.41, 5.74) is -1.13. The number of ether oxygens (including phenoxy) is 1. The maximum Gasteiger partial charge on any atom is 0.434 e. The molecule has 2 heterocycles. The summed E-state index contributed by atoms with van der Waals surface area (Å²) in [6.07, 6.45) is -6.63. The Morgan fingerprint density at radius 2 is 1.95 bits per heavy atom. The van der Waals surface area contributed by atoms with Crippen LogP contribution in [0.3, 0.4) is 0 Å². The van der Waals surface area contributed by atoms with E-state index in [-0.39, 0.29) is 12.4 Å². The van der Waals surface area contributed by atoms with E-state index >= 15 is 0 Å². The Labute approximate surface area is 117 Å². The first-order chi connectivity index (χ1) is 9.82. The highest BCUT2D eigenvalue weighted by Crippen LogP contribution is 2.27. The zero-order valence-electron chi connectivity index (χ0n) is 10.7. The van der Waals surface area contributed by atoms with Gasteiger partial charge in [-0.25, -0.2) is 9.97 Å². The molecular formula is C11H14F3N3O4. The predicted molar refractivity (Wildman–Crippen MR) is 63.3 cm³/mol. The van der Waals surface area contributed by atoms with Gasteiger partial charge in [-0.2, -0.15) is 13.2 Å². The SMILES string of the molecule is OC[C@H]1OC[C@H](Nc2cnc(C(F)(F)F)cn2)[C@@H](O)[C@H]1O. The highest BCUT2D eigenvalue weighted by molar-refractivity contribution is 5.33. The average molecular weight is 309 g/mol. The Morgan fingerprint density at radius 3 is 2.48 bits per heavy atom. The van der Waals surface area contributed by atoms with Crippen LogP contribution in [-0.2, 0) is 10.9 Å². The van der Waals surface area contributed by atoms with Crippen LogP contribution in [0.15, 0.2) is 12.4 Å². The Bertz CT molecular complexity index is 471. The highest BCUT2D eigenvalue weighted by Gasteiger charge is 2.38. The minimum Gasteiger partial charge on any atom is -0.394 e. The third kappa shape index (κ3) is 3.59. The molecule has 0 aromatic carbocycles. The minimum atomic E-state index is -4.58. The molecular weight excluding hydrogens is 295 g/mol. The van der Waals surface area contributed by atoms with E-state index < -0.39 is 42.8 Å². The summed E-state index contributed by atoms with van der Waals surface area (Å²) in [5, 5.41) is 31.1. The van der Waals surface area contributed by atoms with Crippen LogP contribution in [0.5, 0.6) is 0 Å². The lowest BCUT2D eigenvalue weighted by Crippen LogP contribution is -2.56. The van der Waals surface area contributed by atoms with Gasteiger partial charge in [0.1, 0.15) is 24.1 Å². The number of halogens is 3. The summed E-state index contributed by atoms with van der Waals surface area (Å²) < 4.78 is 42.1.